The number of fused-ring (bicyclic) bond motifs is 1. The van der Waals surface area contributed by atoms with Crippen LogP contribution in [0.25, 0.3) is 0 Å². The van der Waals surface area contributed by atoms with E-state index in [9.17, 15) is 9.90 Å². The summed E-state index contributed by atoms with van der Waals surface area (Å²) in [5.74, 6) is 1.60. The van der Waals surface area contributed by atoms with Gasteiger partial charge in [-0.25, -0.2) is 4.79 Å². The summed E-state index contributed by atoms with van der Waals surface area (Å²) in [5.41, 5.74) is 2.02. The maximum absolute atomic E-state index is 12.2. The van der Waals surface area contributed by atoms with Gasteiger partial charge in [-0.15, -0.1) is 0 Å². The second-order valence-corrected chi connectivity index (χ2v) is 7.12. The average Bonchev–Trinajstić information content (AvgIpc) is 2.73. The van der Waals surface area contributed by atoms with Gasteiger partial charge in [0.25, 0.3) is 0 Å². The van der Waals surface area contributed by atoms with Gasteiger partial charge in [-0.05, 0) is 66.6 Å². The highest BCUT2D eigenvalue weighted by Crippen LogP contribution is 2.36. The minimum atomic E-state index is -1.05. The lowest BCUT2D eigenvalue weighted by Crippen LogP contribution is -2.46. The lowest BCUT2D eigenvalue weighted by Gasteiger charge is -2.34. The van der Waals surface area contributed by atoms with Gasteiger partial charge in [-0.2, -0.15) is 0 Å². The van der Waals surface area contributed by atoms with Crippen LogP contribution in [0.15, 0.2) is 42.5 Å². The van der Waals surface area contributed by atoms with Crippen molar-refractivity contribution >= 4 is 6.03 Å². The molecular formula is C22H28N2O4. The van der Waals surface area contributed by atoms with Crippen molar-refractivity contribution in [3.8, 4) is 11.5 Å². The Morgan fingerprint density at radius 1 is 1.07 bits per heavy atom. The first kappa shape index (κ1) is 20.0. The number of amides is 2. The summed E-state index contributed by atoms with van der Waals surface area (Å²) in [6, 6.07) is 13.2. The third-order valence-electron chi connectivity index (χ3n) is 5.25. The minimum absolute atomic E-state index is 0.181. The van der Waals surface area contributed by atoms with Crippen LogP contribution in [0, 0.1) is 0 Å². The first-order valence-corrected chi connectivity index (χ1v) is 9.58. The zero-order valence-corrected chi connectivity index (χ0v) is 16.5. The average molecular weight is 384 g/mol. The molecule has 0 saturated heterocycles. The number of hydrogen-bond acceptors (Lipinski definition) is 4. The third kappa shape index (κ3) is 4.75. The number of carbonyl (C=O) groups excluding carboxylic acids is 1. The number of rotatable bonds is 7. The first-order valence-electron chi connectivity index (χ1n) is 9.58. The van der Waals surface area contributed by atoms with Crippen LogP contribution >= 0.6 is 0 Å². The maximum Gasteiger partial charge on any atom is 0.314 e. The van der Waals surface area contributed by atoms with Crippen molar-refractivity contribution in [3.63, 3.8) is 0 Å². The molecule has 0 saturated carbocycles. The van der Waals surface area contributed by atoms with E-state index in [1.165, 1.54) is 0 Å². The topological polar surface area (TPSA) is 79.8 Å². The van der Waals surface area contributed by atoms with Crippen molar-refractivity contribution in [2.24, 2.45) is 0 Å². The number of hydrogen-bond donors (Lipinski definition) is 3. The third-order valence-corrected chi connectivity index (χ3v) is 5.25. The Bertz CT molecular complexity index is 807. The second-order valence-electron chi connectivity index (χ2n) is 7.12. The van der Waals surface area contributed by atoms with Crippen LogP contribution in [0.1, 0.15) is 29.5 Å². The lowest BCUT2D eigenvalue weighted by molar-refractivity contribution is 0.0216. The molecule has 2 amide bonds. The van der Waals surface area contributed by atoms with Gasteiger partial charge in [0, 0.05) is 6.54 Å². The van der Waals surface area contributed by atoms with Crippen molar-refractivity contribution in [3.05, 3.63) is 59.2 Å². The van der Waals surface area contributed by atoms with Gasteiger partial charge in [0.15, 0.2) is 0 Å². The fraction of sp³-hybridized carbons (Fsp3) is 0.409. The normalized spacial score (nSPS) is 18.1. The summed E-state index contributed by atoms with van der Waals surface area (Å²) in [6.07, 6.45) is 3.13. The van der Waals surface area contributed by atoms with Crippen molar-refractivity contribution < 1.29 is 19.4 Å². The monoisotopic (exact) mass is 384 g/mol. The van der Waals surface area contributed by atoms with Gasteiger partial charge in [0.1, 0.15) is 17.1 Å². The van der Waals surface area contributed by atoms with Crippen molar-refractivity contribution in [1.82, 2.24) is 10.6 Å². The Hall–Kier alpha value is -2.73. The highest BCUT2D eigenvalue weighted by Gasteiger charge is 2.34. The molecule has 1 unspecified atom stereocenters. The van der Waals surface area contributed by atoms with Gasteiger partial charge in [0.2, 0.25) is 0 Å². The highest BCUT2D eigenvalue weighted by molar-refractivity contribution is 5.74. The molecule has 0 bridgehead atoms. The van der Waals surface area contributed by atoms with Crippen LogP contribution in [-0.4, -0.2) is 38.4 Å². The molecule has 0 fully saturated rings. The van der Waals surface area contributed by atoms with Crippen LogP contribution in [0.4, 0.5) is 4.79 Å². The van der Waals surface area contributed by atoms with Crippen LogP contribution in [0.5, 0.6) is 11.5 Å². The lowest BCUT2D eigenvalue weighted by atomic mass is 9.79. The van der Waals surface area contributed by atoms with Crippen molar-refractivity contribution in [2.45, 2.75) is 31.3 Å². The number of ether oxygens (including phenoxy) is 2. The van der Waals surface area contributed by atoms with E-state index in [1.807, 2.05) is 42.5 Å². The zero-order valence-electron chi connectivity index (χ0n) is 16.5. The van der Waals surface area contributed by atoms with Crippen LogP contribution < -0.4 is 20.1 Å². The van der Waals surface area contributed by atoms with E-state index in [4.69, 9.17) is 9.47 Å². The van der Waals surface area contributed by atoms with E-state index in [2.05, 4.69) is 10.6 Å². The molecule has 150 valence electrons. The molecule has 6 nitrogen and oxygen atoms in total. The summed E-state index contributed by atoms with van der Waals surface area (Å²) in [4.78, 5) is 12.2. The van der Waals surface area contributed by atoms with Crippen molar-refractivity contribution in [2.75, 3.05) is 27.3 Å². The summed E-state index contributed by atoms with van der Waals surface area (Å²) < 4.78 is 10.4. The summed E-state index contributed by atoms with van der Waals surface area (Å²) in [6.45, 7) is 0.699. The van der Waals surface area contributed by atoms with Gasteiger partial charge >= 0.3 is 6.03 Å². The number of carbonyl (C=O) groups is 1. The second kappa shape index (κ2) is 8.97. The number of aryl methyl sites for hydroxylation is 1. The first-order chi connectivity index (χ1) is 13.5. The largest absolute Gasteiger partial charge is 0.497 e. The number of aliphatic hydroxyl groups is 1. The predicted octanol–water partition coefficient (Wildman–Crippen LogP) is 2.77. The van der Waals surface area contributed by atoms with E-state index in [1.54, 1.807) is 14.2 Å². The molecule has 0 aromatic heterocycles. The quantitative estimate of drug-likeness (QED) is 0.686. The summed E-state index contributed by atoms with van der Waals surface area (Å²) >= 11 is 0. The Kier molecular flexibility index (Phi) is 6.41. The van der Waals surface area contributed by atoms with Crippen LogP contribution in [0.3, 0.4) is 0 Å². The Balaban J connectivity index is 1.50. The van der Waals surface area contributed by atoms with Gasteiger partial charge in [-0.1, -0.05) is 18.2 Å². The predicted molar refractivity (Wildman–Crippen MR) is 108 cm³/mol. The van der Waals surface area contributed by atoms with E-state index >= 15 is 0 Å². The molecule has 3 rings (SSSR count). The van der Waals surface area contributed by atoms with E-state index < -0.39 is 5.60 Å². The molecule has 0 radical (unpaired) electrons. The number of benzene rings is 2. The molecular weight excluding hydrogens is 356 g/mol. The zero-order chi connectivity index (χ0) is 20.0. The maximum atomic E-state index is 12.2. The molecule has 3 N–H and O–H groups in total. The van der Waals surface area contributed by atoms with E-state index in [-0.39, 0.29) is 12.6 Å². The summed E-state index contributed by atoms with van der Waals surface area (Å²) in [7, 11) is 3.27. The molecule has 1 atom stereocenters. The molecule has 0 spiro atoms. The molecule has 0 heterocycles. The van der Waals surface area contributed by atoms with E-state index in [0.717, 1.165) is 47.5 Å². The molecule has 2 aromatic rings. The van der Waals surface area contributed by atoms with Crippen molar-refractivity contribution in [1.29, 1.82) is 0 Å². The molecule has 1 aliphatic carbocycles. The SMILES string of the molecule is COc1ccc(CCNC(=O)NCC2(O)CCCc3cc(OC)ccc32)cc1. The molecule has 1 aliphatic rings. The van der Waals surface area contributed by atoms with E-state index in [0.29, 0.717) is 13.0 Å². The van der Waals surface area contributed by atoms with Crippen LogP contribution in [0.2, 0.25) is 0 Å². The smallest absolute Gasteiger partial charge is 0.314 e. The van der Waals surface area contributed by atoms with Crippen LogP contribution in [-0.2, 0) is 18.4 Å². The highest BCUT2D eigenvalue weighted by atomic mass is 16.5. The number of nitrogens with one attached hydrogen (secondary N) is 2. The Morgan fingerprint density at radius 2 is 1.79 bits per heavy atom. The fourth-order valence-corrected chi connectivity index (χ4v) is 3.65. The Labute approximate surface area is 165 Å². The standard InChI is InChI=1S/C22H28N2O4/c1-27-18-7-5-16(6-8-18)11-13-23-21(25)24-15-22(26)12-3-4-17-14-19(28-2)9-10-20(17)22/h5-10,14,26H,3-4,11-13,15H2,1-2H3,(H2,23,24,25). The molecule has 2 aromatic carbocycles. The molecule has 6 heteroatoms. The number of urea groups is 1. The minimum Gasteiger partial charge on any atom is -0.497 e. The fourth-order valence-electron chi connectivity index (χ4n) is 3.65. The van der Waals surface area contributed by atoms with Gasteiger partial charge in [-0.3, -0.25) is 0 Å². The van der Waals surface area contributed by atoms with Gasteiger partial charge in [0.05, 0.1) is 20.8 Å². The molecule has 0 aliphatic heterocycles. The summed E-state index contributed by atoms with van der Waals surface area (Å²) in [5, 5.41) is 16.8. The number of methoxy groups -OCH3 is 2. The Morgan fingerprint density at radius 3 is 2.50 bits per heavy atom. The molecule has 28 heavy (non-hydrogen) atoms. The van der Waals surface area contributed by atoms with Gasteiger partial charge < -0.3 is 25.2 Å².